The van der Waals surface area contributed by atoms with Crippen molar-refractivity contribution in [3.63, 3.8) is 0 Å². The highest BCUT2D eigenvalue weighted by atomic mass is 16.1. The number of nitrogens with two attached hydrogens (primary N) is 1. The highest BCUT2D eigenvalue weighted by Gasteiger charge is 2.33. The molecule has 0 radical (unpaired) electrons. The van der Waals surface area contributed by atoms with Gasteiger partial charge in [-0.25, -0.2) is 0 Å². The molecule has 0 aliphatic rings. The van der Waals surface area contributed by atoms with Crippen LogP contribution in [0.15, 0.2) is 0 Å². The van der Waals surface area contributed by atoms with E-state index in [-0.39, 0.29) is 11.3 Å². The van der Waals surface area contributed by atoms with Crippen LogP contribution in [0, 0.1) is 5.41 Å². The van der Waals surface area contributed by atoms with Gasteiger partial charge in [-0.1, -0.05) is 85.0 Å². The van der Waals surface area contributed by atoms with Crippen molar-refractivity contribution in [3.05, 3.63) is 0 Å². The minimum Gasteiger partial charge on any atom is -0.369 e. The van der Waals surface area contributed by atoms with Crippen molar-refractivity contribution in [1.29, 1.82) is 0 Å². The summed E-state index contributed by atoms with van der Waals surface area (Å²) in [5.74, 6) is -0.0648. The molecule has 0 saturated heterocycles. The largest absolute Gasteiger partial charge is 0.369 e. The van der Waals surface area contributed by atoms with Crippen LogP contribution in [0.5, 0.6) is 0 Å². The minimum absolute atomic E-state index is 0.0648. The Balaban J connectivity index is 4.08. The van der Waals surface area contributed by atoms with Crippen LogP contribution in [-0.2, 0) is 4.79 Å². The van der Waals surface area contributed by atoms with Gasteiger partial charge in [0.25, 0.3) is 0 Å². The molecule has 0 aromatic carbocycles. The van der Waals surface area contributed by atoms with Gasteiger partial charge in [-0.05, 0) is 19.3 Å². The van der Waals surface area contributed by atoms with Crippen molar-refractivity contribution < 1.29 is 4.79 Å². The average Bonchev–Trinajstić information content (AvgIpc) is 2.44. The van der Waals surface area contributed by atoms with Crippen molar-refractivity contribution in [3.8, 4) is 0 Å². The molecular formula is C18H37NO. The van der Waals surface area contributed by atoms with Gasteiger partial charge in [0, 0.05) is 5.41 Å². The monoisotopic (exact) mass is 283 g/mol. The van der Waals surface area contributed by atoms with E-state index >= 15 is 0 Å². The summed E-state index contributed by atoms with van der Waals surface area (Å²) >= 11 is 0. The Morgan fingerprint density at radius 3 is 1.55 bits per heavy atom. The third-order valence-electron chi connectivity index (χ3n) is 4.72. The average molecular weight is 283 g/mol. The molecule has 0 spiro atoms. The van der Waals surface area contributed by atoms with Crippen LogP contribution in [0.3, 0.4) is 0 Å². The molecule has 0 bridgehead atoms. The van der Waals surface area contributed by atoms with E-state index in [1.54, 1.807) is 0 Å². The molecule has 0 heterocycles. The zero-order valence-corrected chi connectivity index (χ0v) is 14.2. The number of carbonyl (C=O) groups excluding carboxylic acids is 1. The van der Waals surface area contributed by atoms with Crippen LogP contribution >= 0.6 is 0 Å². The third kappa shape index (κ3) is 7.91. The Morgan fingerprint density at radius 2 is 1.15 bits per heavy atom. The van der Waals surface area contributed by atoms with Crippen LogP contribution < -0.4 is 5.73 Å². The van der Waals surface area contributed by atoms with E-state index < -0.39 is 0 Å². The van der Waals surface area contributed by atoms with Crippen molar-refractivity contribution >= 4 is 5.91 Å². The summed E-state index contributed by atoms with van der Waals surface area (Å²) in [5, 5.41) is 0. The second kappa shape index (κ2) is 12.2. The molecule has 1 unspecified atom stereocenters. The van der Waals surface area contributed by atoms with E-state index in [1.165, 1.54) is 51.4 Å². The van der Waals surface area contributed by atoms with Gasteiger partial charge in [0.05, 0.1) is 0 Å². The topological polar surface area (TPSA) is 43.1 Å². The van der Waals surface area contributed by atoms with Crippen LogP contribution in [0.2, 0.25) is 0 Å². The number of hydrogen-bond donors (Lipinski definition) is 1. The molecule has 0 aromatic heterocycles. The second-order valence-electron chi connectivity index (χ2n) is 6.33. The molecule has 20 heavy (non-hydrogen) atoms. The first-order valence-corrected chi connectivity index (χ1v) is 8.92. The van der Waals surface area contributed by atoms with Gasteiger partial charge in [-0.2, -0.15) is 0 Å². The number of primary amides is 1. The highest BCUT2D eigenvalue weighted by Crippen LogP contribution is 2.35. The molecule has 2 heteroatoms. The lowest BCUT2D eigenvalue weighted by Gasteiger charge is -2.29. The molecule has 1 amide bonds. The molecule has 0 aliphatic carbocycles. The summed E-state index contributed by atoms with van der Waals surface area (Å²) in [4.78, 5) is 11.9. The van der Waals surface area contributed by atoms with Gasteiger partial charge in [-0.3, -0.25) is 4.79 Å². The number of carbonyl (C=O) groups is 1. The fourth-order valence-corrected chi connectivity index (χ4v) is 3.03. The molecular weight excluding hydrogens is 246 g/mol. The Bertz CT molecular complexity index is 240. The molecule has 0 rings (SSSR count). The molecule has 2 N–H and O–H groups in total. The van der Waals surface area contributed by atoms with Gasteiger partial charge in [-0.15, -0.1) is 0 Å². The van der Waals surface area contributed by atoms with Crippen molar-refractivity contribution in [2.24, 2.45) is 11.1 Å². The first kappa shape index (κ1) is 19.5. The summed E-state index contributed by atoms with van der Waals surface area (Å²) < 4.78 is 0. The van der Waals surface area contributed by atoms with E-state index in [9.17, 15) is 4.79 Å². The third-order valence-corrected chi connectivity index (χ3v) is 4.72. The molecule has 120 valence electrons. The number of unbranched alkanes of at least 4 members (excludes halogenated alkanes) is 8. The van der Waals surface area contributed by atoms with Crippen LogP contribution in [0.1, 0.15) is 104 Å². The van der Waals surface area contributed by atoms with E-state index in [0.29, 0.717) is 0 Å². The Morgan fingerprint density at radius 1 is 0.750 bits per heavy atom. The fraction of sp³-hybridized carbons (Fsp3) is 0.944. The summed E-state index contributed by atoms with van der Waals surface area (Å²) in [6, 6.07) is 0. The lowest BCUT2D eigenvalue weighted by Crippen LogP contribution is -2.36. The maximum absolute atomic E-state index is 11.9. The first-order chi connectivity index (χ1) is 9.63. The standard InChI is InChI=1S/C18H37NO/c1-4-7-9-11-12-14-16-18(6-3,17(19)20)15-13-10-8-5-2/h4-16H2,1-3H3,(H2,19,20). The molecule has 0 aliphatic heterocycles. The summed E-state index contributed by atoms with van der Waals surface area (Å²) in [6.07, 6.45) is 15.5. The molecule has 0 aromatic rings. The van der Waals surface area contributed by atoms with E-state index in [1.807, 2.05) is 0 Å². The summed E-state index contributed by atoms with van der Waals surface area (Å²) in [7, 11) is 0. The predicted octanol–water partition coefficient (Wildman–Crippen LogP) is 5.59. The molecule has 2 nitrogen and oxygen atoms in total. The fourth-order valence-electron chi connectivity index (χ4n) is 3.03. The van der Waals surface area contributed by atoms with Gasteiger partial charge < -0.3 is 5.73 Å². The first-order valence-electron chi connectivity index (χ1n) is 8.92. The Kier molecular flexibility index (Phi) is 11.9. The van der Waals surface area contributed by atoms with Crippen LogP contribution in [-0.4, -0.2) is 5.91 Å². The van der Waals surface area contributed by atoms with Gasteiger partial charge in [0.2, 0.25) is 5.91 Å². The van der Waals surface area contributed by atoms with Gasteiger partial charge in [0.15, 0.2) is 0 Å². The molecule has 1 atom stereocenters. The SMILES string of the molecule is CCCCCCCCC(CC)(CCCCCC)C(N)=O. The lowest BCUT2D eigenvalue weighted by molar-refractivity contribution is -0.129. The second-order valence-corrected chi connectivity index (χ2v) is 6.33. The summed E-state index contributed by atoms with van der Waals surface area (Å²) in [6.45, 7) is 6.59. The molecule has 0 fully saturated rings. The predicted molar refractivity (Wildman–Crippen MR) is 88.7 cm³/mol. The number of amides is 1. The van der Waals surface area contributed by atoms with Gasteiger partial charge >= 0.3 is 0 Å². The zero-order chi connectivity index (χ0) is 15.3. The number of rotatable bonds is 14. The maximum atomic E-state index is 11.9. The minimum atomic E-state index is -0.224. The number of hydrogen-bond acceptors (Lipinski definition) is 1. The quantitative estimate of drug-likeness (QED) is 0.415. The van der Waals surface area contributed by atoms with Crippen molar-refractivity contribution in [1.82, 2.24) is 0 Å². The van der Waals surface area contributed by atoms with E-state index in [0.717, 1.165) is 32.1 Å². The normalized spacial score (nSPS) is 14.2. The van der Waals surface area contributed by atoms with E-state index in [4.69, 9.17) is 5.73 Å². The molecule has 0 saturated carbocycles. The maximum Gasteiger partial charge on any atom is 0.223 e. The van der Waals surface area contributed by atoms with Crippen molar-refractivity contribution in [2.45, 2.75) is 104 Å². The smallest absolute Gasteiger partial charge is 0.223 e. The Hall–Kier alpha value is -0.530. The van der Waals surface area contributed by atoms with Gasteiger partial charge in [0.1, 0.15) is 0 Å². The summed E-state index contributed by atoms with van der Waals surface area (Å²) in [5.41, 5.74) is 5.50. The van der Waals surface area contributed by atoms with Crippen molar-refractivity contribution in [2.75, 3.05) is 0 Å². The van der Waals surface area contributed by atoms with Crippen LogP contribution in [0.25, 0.3) is 0 Å². The van der Waals surface area contributed by atoms with Crippen LogP contribution in [0.4, 0.5) is 0 Å². The zero-order valence-electron chi connectivity index (χ0n) is 14.2. The lowest BCUT2D eigenvalue weighted by atomic mass is 9.75. The Labute approximate surface area is 126 Å². The highest BCUT2D eigenvalue weighted by molar-refractivity contribution is 5.80. The van der Waals surface area contributed by atoms with E-state index in [2.05, 4.69) is 20.8 Å².